The summed E-state index contributed by atoms with van der Waals surface area (Å²) in [5.74, 6) is 0.850. The van der Waals surface area contributed by atoms with E-state index in [4.69, 9.17) is 18.0 Å². The molecule has 0 spiro atoms. The van der Waals surface area contributed by atoms with E-state index in [1.54, 1.807) is 25.1 Å². The molecule has 2 aromatic carbocycles. The number of allylic oxidation sites excluding steroid dienone is 2. The van der Waals surface area contributed by atoms with Gasteiger partial charge in [-0.3, -0.25) is 4.79 Å². The fraction of sp³-hybridized carbons (Fsp3) is 0.130. The zero-order valence-electron chi connectivity index (χ0n) is 15.2. The van der Waals surface area contributed by atoms with Crippen molar-refractivity contribution in [1.82, 2.24) is 5.32 Å². The summed E-state index contributed by atoms with van der Waals surface area (Å²) in [6.45, 7) is 1.70. The zero-order valence-corrected chi connectivity index (χ0v) is 16.0. The maximum Gasteiger partial charge on any atom is 0.337 e. The van der Waals surface area contributed by atoms with Gasteiger partial charge in [0.2, 0.25) is 0 Å². The summed E-state index contributed by atoms with van der Waals surface area (Å²) < 4.78 is 0. The maximum absolute atomic E-state index is 12.8. The van der Waals surface area contributed by atoms with Crippen molar-refractivity contribution >= 4 is 23.5 Å². The molecule has 4 nitrogen and oxygen atoms in total. The number of nitrogens with one attached hydrogen (secondary N) is 1. The summed E-state index contributed by atoms with van der Waals surface area (Å²) in [6.07, 6.45) is 6.89. The number of carbonyl (C=O) groups excluding carboxylic acids is 1. The van der Waals surface area contributed by atoms with Crippen molar-refractivity contribution in [2.45, 2.75) is 18.2 Å². The van der Waals surface area contributed by atoms with Crippen LogP contribution < -0.4 is 5.32 Å². The number of alkyl halides is 1. The second-order valence-corrected chi connectivity index (χ2v) is 7.51. The summed E-state index contributed by atoms with van der Waals surface area (Å²) in [7, 11) is 0. The first-order valence-electron chi connectivity index (χ1n) is 8.63. The summed E-state index contributed by atoms with van der Waals surface area (Å²) in [6, 6.07) is 16.8. The van der Waals surface area contributed by atoms with Crippen LogP contribution in [0.15, 0.2) is 77.5 Å². The predicted molar refractivity (Wildman–Crippen MR) is 110 cm³/mol. The third-order valence-electron chi connectivity index (χ3n) is 4.57. The minimum absolute atomic E-state index is 0.0568. The first-order chi connectivity index (χ1) is 13.3. The highest BCUT2D eigenvalue weighted by Gasteiger charge is 2.34. The van der Waals surface area contributed by atoms with Gasteiger partial charge in [0.25, 0.3) is 5.91 Å². The molecular weight excluding hydrogens is 374 g/mol. The van der Waals surface area contributed by atoms with Crippen molar-refractivity contribution in [3.8, 4) is 23.5 Å². The van der Waals surface area contributed by atoms with Crippen LogP contribution in [-0.2, 0) is 4.79 Å². The molecule has 0 saturated heterocycles. The molecule has 2 aromatic rings. The van der Waals surface area contributed by atoms with E-state index in [1.165, 1.54) is 6.08 Å². The molecule has 2 N–H and O–H groups in total. The second-order valence-electron chi connectivity index (χ2n) is 6.67. The van der Waals surface area contributed by atoms with E-state index in [9.17, 15) is 14.7 Å². The molecule has 28 heavy (non-hydrogen) atoms. The van der Waals surface area contributed by atoms with Gasteiger partial charge in [0.1, 0.15) is 0 Å². The Balaban J connectivity index is 1.93. The molecule has 140 valence electrons. The van der Waals surface area contributed by atoms with Crippen molar-refractivity contribution in [2.75, 3.05) is 0 Å². The Bertz CT molecular complexity index is 1040. The van der Waals surface area contributed by atoms with Crippen LogP contribution in [0.25, 0.3) is 11.1 Å². The molecular formula is C23H18ClNO3. The van der Waals surface area contributed by atoms with Crippen molar-refractivity contribution in [3.05, 3.63) is 83.1 Å². The predicted octanol–water partition coefficient (Wildman–Crippen LogP) is 4.38. The summed E-state index contributed by atoms with van der Waals surface area (Å²) in [4.78, 5) is 23.5. The molecule has 0 aliphatic heterocycles. The monoisotopic (exact) mass is 391 g/mol. The molecule has 1 unspecified atom stereocenters. The standard InChI is InChI=1S/C23H18ClNO3/c1-3-18-13-19(22(27)28)20(14-23(18,2)24)25-21(26)17-11-7-10-16(12-17)15-8-5-4-6-9-15/h1,4-13H,14H2,2H3,(H,25,26)(H,27,28). The number of amides is 1. The molecule has 0 aromatic heterocycles. The van der Waals surface area contributed by atoms with Crippen molar-refractivity contribution in [3.63, 3.8) is 0 Å². The normalized spacial score (nSPS) is 18.8. The lowest BCUT2D eigenvalue weighted by molar-refractivity contribution is -0.132. The van der Waals surface area contributed by atoms with E-state index in [1.807, 2.05) is 36.4 Å². The SMILES string of the molecule is C#CC1=CC(C(=O)O)=C(NC(=O)c2cccc(-c3ccccc3)c2)CC1(C)Cl. The molecule has 0 fully saturated rings. The molecule has 5 heteroatoms. The van der Waals surface area contributed by atoms with Crippen LogP contribution in [0, 0.1) is 12.3 Å². The van der Waals surface area contributed by atoms with Gasteiger partial charge in [-0.25, -0.2) is 4.79 Å². The number of terminal acetylenes is 1. The molecule has 1 atom stereocenters. The van der Waals surface area contributed by atoms with Gasteiger partial charge in [-0.1, -0.05) is 48.4 Å². The Morgan fingerprint density at radius 1 is 1.14 bits per heavy atom. The quantitative estimate of drug-likeness (QED) is 0.600. The molecule has 1 amide bonds. The number of hydrogen-bond donors (Lipinski definition) is 2. The second kappa shape index (κ2) is 7.75. The van der Waals surface area contributed by atoms with Crippen LogP contribution >= 0.6 is 11.6 Å². The molecule has 1 aliphatic rings. The maximum atomic E-state index is 12.8. The Hall–Kier alpha value is -3.29. The van der Waals surface area contributed by atoms with E-state index in [2.05, 4.69) is 11.2 Å². The minimum atomic E-state index is -1.17. The fourth-order valence-electron chi connectivity index (χ4n) is 3.08. The van der Waals surface area contributed by atoms with Crippen LogP contribution in [0.5, 0.6) is 0 Å². The molecule has 3 rings (SSSR count). The number of hydrogen-bond acceptors (Lipinski definition) is 2. The van der Waals surface area contributed by atoms with E-state index >= 15 is 0 Å². The highest BCUT2D eigenvalue weighted by atomic mass is 35.5. The average molecular weight is 392 g/mol. The van der Waals surface area contributed by atoms with Gasteiger partial charge in [0, 0.05) is 23.3 Å². The molecule has 0 heterocycles. The number of benzene rings is 2. The van der Waals surface area contributed by atoms with Gasteiger partial charge in [-0.05, 0) is 36.3 Å². The third kappa shape index (κ3) is 4.00. The first kappa shape index (κ1) is 19.5. The molecule has 0 saturated carbocycles. The largest absolute Gasteiger partial charge is 0.478 e. The number of carboxylic acid groups (broad SMARTS) is 1. The first-order valence-corrected chi connectivity index (χ1v) is 9.00. The summed E-state index contributed by atoms with van der Waals surface area (Å²) in [5.41, 5.74) is 2.84. The topological polar surface area (TPSA) is 66.4 Å². The average Bonchev–Trinajstić information content (AvgIpc) is 2.68. The van der Waals surface area contributed by atoms with Crippen LogP contribution in [0.1, 0.15) is 23.7 Å². The zero-order chi connectivity index (χ0) is 20.3. The van der Waals surface area contributed by atoms with Crippen molar-refractivity contribution in [1.29, 1.82) is 0 Å². The number of aliphatic carboxylic acids is 1. The Labute approximate surface area is 168 Å². The van der Waals surface area contributed by atoms with E-state index < -0.39 is 16.8 Å². The van der Waals surface area contributed by atoms with Gasteiger partial charge in [0.05, 0.1) is 10.4 Å². The molecule has 1 aliphatic carbocycles. The van der Waals surface area contributed by atoms with Crippen LogP contribution in [0.4, 0.5) is 0 Å². The van der Waals surface area contributed by atoms with Gasteiger partial charge >= 0.3 is 5.97 Å². The number of carboxylic acids is 1. The van der Waals surface area contributed by atoms with Gasteiger partial charge in [-0.2, -0.15) is 0 Å². The highest BCUT2D eigenvalue weighted by Crippen LogP contribution is 2.37. The van der Waals surface area contributed by atoms with Gasteiger partial charge in [0.15, 0.2) is 0 Å². The number of halogens is 1. The Morgan fingerprint density at radius 3 is 2.46 bits per heavy atom. The lowest BCUT2D eigenvalue weighted by Gasteiger charge is -2.29. The number of rotatable bonds is 4. The smallest absolute Gasteiger partial charge is 0.337 e. The minimum Gasteiger partial charge on any atom is -0.478 e. The van der Waals surface area contributed by atoms with Crippen molar-refractivity contribution in [2.24, 2.45) is 0 Å². The molecule has 0 radical (unpaired) electrons. The Morgan fingerprint density at radius 2 is 1.82 bits per heavy atom. The fourth-order valence-corrected chi connectivity index (χ4v) is 3.32. The van der Waals surface area contributed by atoms with E-state index in [0.29, 0.717) is 11.1 Å². The third-order valence-corrected chi connectivity index (χ3v) is 4.90. The lowest BCUT2D eigenvalue weighted by Crippen LogP contribution is -2.34. The molecule has 0 bridgehead atoms. The number of carbonyl (C=O) groups is 2. The van der Waals surface area contributed by atoms with E-state index in [-0.39, 0.29) is 17.7 Å². The van der Waals surface area contributed by atoms with Crippen LogP contribution in [0.3, 0.4) is 0 Å². The van der Waals surface area contributed by atoms with E-state index in [0.717, 1.165) is 11.1 Å². The van der Waals surface area contributed by atoms with Crippen molar-refractivity contribution < 1.29 is 14.7 Å². The summed E-state index contributed by atoms with van der Waals surface area (Å²) >= 11 is 6.45. The summed E-state index contributed by atoms with van der Waals surface area (Å²) in [5, 5.41) is 12.2. The van der Waals surface area contributed by atoms with Gasteiger partial charge in [-0.15, -0.1) is 18.0 Å². The van der Waals surface area contributed by atoms with Crippen LogP contribution in [0.2, 0.25) is 0 Å². The Kier molecular flexibility index (Phi) is 5.39. The van der Waals surface area contributed by atoms with Crippen LogP contribution in [-0.4, -0.2) is 21.9 Å². The lowest BCUT2D eigenvalue weighted by atomic mass is 9.87. The van der Waals surface area contributed by atoms with Gasteiger partial charge < -0.3 is 10.4 Å². The highest BCUT2D eigenvalue weighted by molar-refractivity contribution is 6.26.